The highest BCUT2D eigenvalue weighted by atomic mass is 35.5. The van der Waals surface area contributed by atoms with Crippen molar-refractivity contribution >= 4 is 23.2 Å². The summed E-state index contributed by atoms with van der Waals surface area (Å²) >= 11 is 5.67. The van der Waals surface area contributed by atoms with Gasteiger partial charge in [-0.2, -0.15) is 0 Å². The van der Waals surface area contributed by atoms with E-state index in [1.807, 2.05) is 0 Å². The fourth-order valence-corrected chi connectivity index (χ4v) is 2.04. The summed E-state index contributed by atoms with van der Waals surface area (Å²) in [5, 5.41) is 10.9. The number of nitrogens with zero attached hydrogens (tertiary/aromatic N) is 3. The number of carbonyl (C=O) groups excluding carboxylic acids is 1. The predicted molar refractivity (Wildman–Crippen MR) is 64.4 cm³/mol. The quantitative estimate of drug-likeness (QED) is 0.487. The van der Waals surface area contributed by atoms with Crippen molar-refractivity contribution in [3.05, 3.63) is 33.1 Å². The monoisotopic (exact) mass is 270 g/mol. The van der Waals surface area contributed by atoms with Gasteiger partial charge in [0.1, 0.15) is 16.9 Å². The molecule has 0 spiro atoms. The van der Waals surface area contributed by atoms with E-state index in [0.717, 1.165) is 6.20 Å². The fourth-order valence-electron chi connectivity index (χ4n) is 1.88. The first-order valence-corrected chi connectivity index (χ1v) is 5.71. The zero-order valence-electron chi connectivity index (χ0n) is 9.38. The van der Waals surface area contributed by atoms with Crippen LogP contribution in [0.15, 0.2) is 12.3 Å². The maximum atomic E-state index is 12.1. The van der Waals surface area contributed by atoms with Crippen LogP contribution in [0.25, 0.3) is 0 Å². The Morgan fingerprint density at radius 1 is 1.67 bits per heavy atom. The maximum absolute atomic E-state index is 12.1. The average Bonchev–Trinajstić information content (AvgIpc) is 2.74. The first-order chi connectivity index (χ1) is 8.49. The van der Waals surface area contributed by atoms with Crippen LogP contribution >= 0.6 is 11.6 Å². The lowest BCUT2D eigenvalue weighted by atomic mass is 10.2. The van der Waals surface area contributed by atoms with Crippen LogP contribution in [0, 0.1) is 10.1 Å². The third kappa shape index (κ3) is 2.41. The van der Waals surface area contributed by atoms with Crippen LogP contribution in [0.4, 0.5) is 5.69 Å². The molecule has 0 saturated carbocycles. The van der Waals surface area contributed by atoms with E-state index in [1.165, 1.54) is 11.0 Å². The lowest BCUT2D eigenvalue weighted by Gasteiger charge is -2.15. The van der Waals surface area contributed by atoms with Crippen LogP contribution in [0.5, 0.6) is 0 Å². The predicted octanol–water partition coefficient (Wildman–Crippen LogP) is 0.816. The second-order valence-corrected chi connectivity index (χ2v) is 4.47. The number of hydrogen-bond acceptors (Lipinski definition) is 5. The van der Waals surface area contributed by atoms with Crippen LogP contribution < -0.4 is 5.73 Å². The highest BCUT2D eigenvalue weighted by Gasteiger charge is 2.29. The van der Waals surface area contributed by atoms with Gasteiger partial charge in [-0.15, -0.1) is 0 Å². The molecule has 96 valence electrons. The van der Waals surface area contributed by atoms with Gasteiger partial charge in [-0.05, 0) is 12.5 Å². The molecular formula is C10H11ClN4O3. The molecule has 1 aromatic rings. The van der Waals surface area contributed by atoms with E-state index in [-0.39, 0.29) is 22.4 Å². The summed E-state index contributed by atoms with van der Waals surface area (Å²) in [5.74, 6) is -0.432. The molecule has 1 amide bonds. The first kappa shape index (κ1) is 12.7. The number of rotatable bonds is 2. The lowest BCUT2D eigenvalue weighted by Crippen LogP contribution is -2.32. The number of hydrogen-bond donors (Lipinski definition) is 1. The molecule has 1 aromatic heterocycles. The first-order valence-electron chi connectivity index (χ1n) is 5.34. The standard InChI is InChI=1S/C10H11ClN4O3/c11-9-3-7(8(4-13-9)15(17)18)10(16)14-2-1-6(12)5-14/h3-4,6H,1-2,5,12H2. The van der Waals surface area contributed by atoms with Crippen molar-refractivity contribution in [3.8, 4) is 0 Å². The average molecular weight is 271 g/mol. The Balaban J connectivity index is 2.34. The summed E-state index contributed by atoms with van der Waals surface area (Å²) in [7, 11) is 0. The molecule has 8 heteroatoms. The summed E-state index contributed by atoms with van der Waals surface area (Å²) in [6, 6.07) is 1.14. The molecule has 1 aliphatic heterocycles. The topological polar surface area (TPSA) is 102 Å². The molecule has 1 saturated heterocycles. The highest BCUT2D eigenvalue weighted by molar-refractivity contribution is 6.29. The summed E-state index contributed by atoms with van der Waals surface area (Å²) in [6.07, 6.45) is 1.68. The van der Waals surface area contributed by atoms with Gasteiger partial charge in [0.25, 0.3) is 11.6 Å². The molecule has 18 heavy (non-hydrogen) atoms. The minimum absolute atomic E-state index is 0.0471. The normalized spacial score (nSPS) is 19.0. The number of aromatic nitrogens is 1. The Morgan fingerprint density at radius 2 is 2.39 bits per heavy atom. The Hall–Kier alpha value is -1.73. The van der Waals surface area contributed by atoms with Crippen molar-refractivity contribution in [1.82, 2.24) is 9.88 Å². The van der Waals surface area contributed by atoms with Crippen LogP contribution in [0.2, 0.25) is 5.15 Å². The number of nitrogens with two attached hydrogens (primary N) is 1. The van der Waals surface area contributed by atoms with Gasteiger partial charge in [0.15, 0.2) is 0 Å². The molecule has 1 unspecified atom stereocenters. The highest BCUT2D eigenvalue weighted by Crippen LogP contribution is 2.23. The molecule has 1 fully saturated rings. The van der Waals surface area contributed by atoms with Gasteiger partial charge in [-0.25, -0.2) is 4.98 Å². The largest absolute Gasteiger partial charge is 0.337 e. The number of carbonyl (C=O) groups is 1. The van der Waals surface area contributed by atoms with E-state index in [0.29, 0.717) is 19.5 Å². The molecule has 1 atom stereocenters. The fraction of sp³-hybridized carbons (Fsp3) is 0.400. The van der Waals surface area contributed by atoms with Crippen molar-refractivity contribution in [1.29, 1.82) is 0 Å². The van der Waals surface area contributed by atoms with Crippen LogP contribution in [-0.4, -0.2) is 39.8 Å². The van der Waals surface area contributed by atoms with Crippen LogP contribution in [-0.2, 0) is 0 Å². The lowest BCUT2D eigenvalue weighted by molar-refractivity contribution is -0.385. The number of nitro groups is 1. The maximum Gasteiger partial charge on any atom is 0.300 e. The summed E-state index contributed by atoms with van der Waals surface area (Å²) in [4.78, 5) is 27.4. The summed E-state index contributed by atoms with van der Waals surface area (Å²) < 4.78 is 0. The SMILES string of the molecule is NC1CCN(C(=O)c2cc(Cl)ncc2[N+](=O)[O-])C1. The minimum atomic E-state index is -0.646. The van der Waals surface area contributed by atoms with Gasteiger partial charge in [0.05, 0.1) is 4.92 Å². The Morgan fingerprint density at radius 3 is 2.94 bits per heavy atom. The second kappa shape index (κ2) is 4.87. The molecule has 0 aliphatic carbocycles. The number of likely N-dealkylation sites (tertiary alicyclic amines) is 1. The smallest absolute Gasteiger partial charge is 0.300 e. The van der Waals surface area contributed by atoms with Gasteiger partial charge in [0.2, 0.25) is 0 Å². The summed E-state index contributed by atoms with van der Waals surface area (Å²) in [5.41, 5.74) is 5.31. The molecule has 2 N–H and O–H groups in total. The Labute approximate surface area is 108 Å². The molecule has 7 nitrogen and oxygen atoms in total. The van der Waals surface area contributed by atoms with E-state index in [9.17, 15) is 14.9 Å². The molecule has 2 rings (SSSR count). The molecule has 0 bridgehead atoms. The van der Waals surface area contributed by atoms with Gasteiger partial charge in [-0.3, -0.25) is 14.9 Å². The molecule has 0 radical (unpaired) electrons. The van der Waals surface area contributed by atoms with E-state index in [2.05, 4.69) is 4.98 Å². The van der Waals surface area contributed by atoms with Gasteiger partial charge < -0.3 is 10.6 Å². The number of pyridine rings is 1. The number of halogens is 1. The van der Waals surface area contributed by atoms with Crippen molar-refractivity contribution in [2.24, 2.45) is 5.73 Å². The van der Waals surface area contributed by atoms with E-state index >= 15 is 0 Å². The minimum Gasteiger partial charge on any atom is -0.337 e. The third-order valence-electron chi connectivity index (χ3n) is 2.79. The van der Waals surface area contributed by atoms with E-state index in [4.69, 9.17) is 17.3 Å². The molecule has 1 aliphatic rings. The van der Waals surface area contributed by atoms with E-state index < -0.39 is 10.8 Å². The number of amides is 1. The molecule has 2 heterocycles. The molecule has 0 aromatic carbocycles. The third-order valence-corrected chi connectivity index (χ3v) is 3.00. The Bertz CT molecular complexity index is 508. The molecular weight excluding hydrogens is 260 g/mol. The zero-order chi connectivity index (χ0) is 13.3. The van der Waals surface area contributed by atoms with Crippen molar-refractivity contribution < 1.29 is 9.72 Å². The summed E-state index contributed by atoms with van der Waals surface area (Å²) in [6.45, 7) is 0.896. The van der Waals surface area contributed by atoms with Crippen molar-refractivity contribution in [3.63, 3.8) is 0 Å². The van der Waals surface area contributed by atoms with E-state index in [1.54, 1.807) is 0 Å². The van der Waals surface area contributed by atoms with Crippen LogP contribution in [0.3, 0.4) is 0 Å². The van der Waals surface area contributed by atoms with Crippen molar-refractivity contribution in [2.45, 2.75) is 12.5 Å². The zero-order valence-corrected chi connectivity index (χ0v) is 10.1. The van der Waals surface area contributed by atoms with Gasteiger partial charge >= 0.3 is 0 Å². The second-order valence-electron chi connectivity index (χ2n) is 4.08. The van der Waals surface area contributed by atoms with Gasteiger partial charge in [-0.1, -0.05) is 11.6 Å². The van der Waals surface area contributed by atoms with Crippen LogP contribution in [0.1, 0.15) is 16.8 Å². The van der Waals surface area contributed by atoms with Crippen molar-refractivity contribution in [2.75, 3.05) is 13.1 Å². The van der Waals surface area contributed by atoms with Gasteiger partial charge in [0, 0.05) is 19.1 Å². The Kier molecular flexibility index (Phi) is 3.44.